The van der Waals surface area contributed by atoms with E-state index in [9.17, 15) is 14.4 Å². The second kappa shape index (κ2) is 7.77. The van der Waals surface area contributed by atoms with Crippen LogP contribution in [0.3, 0.4) is 0 Å². The molecule has 0 aromatic heterocycles. The van der Waals surface area contributed by atoms with E-state index in [1.165, 1.54) is 20.3 Å². The minimum absolute atomic E-state index is 0.163. The fourth-order valence-electron chi connectivity index (χ4n) is 2.62. The van der Waals surface area contributed by atoms with Gasteiger partial charge in [-0.2, -0.15) is 0 Å². The van der Waals surface area contributed by atoms with Gasteiger partial charge in [-0.15, -0.1) is 0 Å². The second-order valence-electron chi connectivity index (χ2n) is 5.74. The van der Waals surface area contributed by atoms with Crippen molar-refractivity contribution in [1.82, 2.24) is 5.32 Å². The van der Waals surface area contributed by atoms with Crippen molar-refractivity contribution < 1.29 is 28.6 Å². The number of nitrogens with one attached hydrogen (secondary N) is 2. The molecular weight excluding hydrogens is 352 g/mol. The fraction of sp³-hybridized carbons (Fsp3) is 0.211. The van der Waals surface area contributed by atoms with E-state index in [-0.39, 0.29) is 24.2 Å². The zero-order valence-electron chi connectivity index (χ0n) is 14.8. The quantitative estimate of drug-likeness (QED) is 0.751. The van der Waals surface area contributed by atoms with Gasteiger partial charge in [0.1, 0.15) is 0 Å². The van der Waals surface area contributed by atoms with Crippen molar-refractivity contribution in [3.05, 3.63) is 53.1 Å². The Morgan fingerprint density at radius 2 is 1.93 bits per heavy atom. The predicted octanol–water partition coefficient (Wildman–Crippen LogP) is 1.74. The fourth-order valence-corrected chi connectivity index (χ4v) is 2.62. The largest absolute Gasteiger partial charge is 0.493 e. The highest BCUT2D eigenvalue weighted by Crippen LogP contribution is 2.29. The maximum atomic E-state index is 12.5. The summed E-state index contributed by atoms with van der Waals surface area (Å²) in [6, 6.07) is 9.76. The Morgan fingerprint density at radius 1 is 1.11 bits per heavy atom. The Hall–Kier alpha value is -3.55. The normalized spacial score (nSPS) is 12.0. The maximum absolute atomic E-state index is 12.5. The first-order valence-corrected chi connectivity index (χ1v) is 8.12. The molecule has 27 heavy (non-hydrogen) atoms. The van der Waals surface area contributed by atoms with Gasteiger partial charge in [-0.1, -0.05) is 6.07 Å². The predicted molar refractivity (Wildman–Crippen MR) is 96.1 cm³/mol. The molecular formula is C19H18N2O6. The van der Waals surface area contributed by atoms with Gasteiger partial charge < -0.3 is 24.8 Å². The van der Waals surface area contributed by atoms with Crippen LogP contribution in [-0.4, -0.2) is 38.6 Å². The first-order chi connectivity index (χ1) is 13.0. The molecule has 1 aliphatic heterocycles. The Balaban J connectivity index is 1.77. The molecule has 0 saturated heterocycles. The monoisotopic (exact) mass is 370 g/mol. The molecule has 0 spiro atoms. The molecule has 8 nitrogen and oxygen atoms in total. The third-order valence-corrected chi connectivity index (χ3v) is 4.05. The van der Waals surface area contributed by atoms with Crippen molar-refractivity contribution in [3.8, 4) is 11.5 Å². The molecule has 140 valence electrons. The van der Waals surface area contributed by atoms with Crippen LogP contribution in [-0.2, 0) is 16.1 Å². The number of amides is 2. The van der Waals surface area contributed by atoms with E-state index in [0.717, 1.165) is 5.56 Å². The minimum Gasteiger partial charge on any atom is -0.493 e. The number of hydrogen-bond donors (Lipinski definition) is 2. The van der Waals surface area contributed by atoms with Crippen molar-refractivity contribution in [2.24, 2.45) is 0 Å². The van der Waals surface area contributed by atoms with Crippen molar-refractivity contribution in [2.45, 2.75) is 6.54 Å². The Bertz CT molecular complexity index is 909. The molecule has 0 bridgehead atoms. The summed E-state index contributed by atoms with van der Waals surface area (Å²) in [7, 11) is 2.71. The van der Waals surface area contributed by atoms with Crippen LogP contribution in [0.2, 0.25) is 0 Å². The number of hydrogen-bond acceptors (Lipinski definition) is 6. The van der Waals surface area contributed by atoms with E-state index in [4.69, 9.17) is 9.47 Å². The highest BCUT2D eigenvalue weighted by atomic mass is 16.6. The number of ether oxygens (including phenoxy) is 3. The summed E-state index contributed by atoms with van der Waals surface area (Å²) in [5.41, 5.74) is 2.25. The summed E-state index contributed by atoms with van der Waals surface area (Å²) in [5, 5.41) is 5.47. The Kier molecular flexibility index (Phi) is 5.25. The van der Waals surface area contributed by atoms with Crippen LogP contribution in [0.25, 0.3) is 0 Å². The summed E-state index contributed by atoms with van der Waals surface area (Å²) >= 11 is 0. The number of esters is 1. The van der Waals surface area contributed by atoms with E-state index in [1.807, 2.05) is 0 Å². The summed E-state index contributed by atoms with van der Waals surface area (Å²) in [6.45, 7) is 0.180. The molecule has 2 N–H and O–H groups in total. The van der Waals surface area contributed by atoms with Crippen LogP contribution in [0.5, 0.6) is 11.5 Å². The van der Waals surface area contributed by atoms with Gasteiger partial charge in [-0.25, -0.2) is 4.79 Å². The van der Waals surface area contributed by atoms with Crippen LogP contribution in [0, 0.1) is 0 Å². The van der Waals surface area contributed by atoms with Crippen molar-refractivity contribution in [3.63, 3.8) is 0 Å². The number of carbonyl (C=O) groups is 3. The summed E-state index contributed by atoms with van der Waals surface area (Å²) in [4.78, 5) is 35.6. The van der Waals surface area contributed by atoms with Crippen LogP contribution < -0.4 is 20.1 Å². The van der Waals surface area contributed by atoms with Crippen molar-refractivity contribution >= 4 is 23.5 Å². The van der Waals surface area contributed by atoms with Crippen molar-refractivity contribution in [2.75, 3.05) is 26.1 Å². The maximum Gasteiger partial charge on any atom is 0.343 e. The van der Waals surface area contributed by atoms with E-state index >= 15 is 0 Å². The van der Waals surface area contributed by atoms with E-state index in [2.05, 4.69) is 15.4 Å². The number of methoxy groups -OCH3 is 2. The first-order valence-electron chi connectivity index (χ1n) is 8.12. The van der Waals surface area contributed by atoms with Gasteiger partial charge in [-0.05, 0) is 35.9 Å². The molecule has 2 aromatic carbocycles. The van der Waals surface area contributed by atoms with E-state index in [0.29, 0.717) is 29.1 Å². The van der Waals surface area contributed by atoms with Gasteiger partial charge in [-0.3, -0.25) is 9.59 Å². The van der Waals surface area contributed by atoms with Crippen LogP contribution in [0.4, 0.5) is 5.69 Å². The standard InChI is InChI=1S/C19H18N2O6/c1-25-15-6-4-11(7-16(15)27-10-17(22)26-2)18(23)21-13-5-3-12-9-20-19(24)14(12)8-13/h3-8H,9-10H2,1-2H3,(H,20,24)(H,21,23). The zero-order valence-corrected chi connectivity index (χ0v) is 14.8. The smallest absolute Gasteiger partial charge is 0.343 e. The summed E-state index contributed by atoms with van der Waals surface area (Å²) < 4.78 is 15.1. The molecule has 0 aliphatic carbocycles. The lowest BCUT2D eigenvalue weighted by molar-refractivity contribution is -0.142. The number of carbonyl (C=O) groups excluding carboxylic acids is 3. The molecule has 0 atom stereocenters. The van der Waals surface area contributed by atoms with Gasteiger partial charge in [0.2, 0.25) is 0 Å². The Labute approximate surface area is 155 Å². The summed E-state index contributed by atoms with van der Waals surface area (Å²) in [6.07, 6.45) is 0. The molecule has 2 aromatic rings. The molecule has 8 heteroatoms. The highest BCUT2D eigenvalue weighted by Gasteiger charge is 2.19. The third kappa shape index (κ3) is 4.00. The van der Waals surface area contributed by atoms with Gasteiger partial charge in [0.05, 0.1) is 14.2 Å². The third-order valence-electron chi connectivity index (χ3n) is 4.05. The van der Waals surface area contributed by atoms with E-state index in [1.54, 1.807) is 30.3 Å². The SMILES string of the molecule is COC(=O)COc1cc(C(=O)Nc2ccc3c(c2)C(=O)NC3)ccc1OC. The van der Waals surface area contributed by atoms with Gasteiger partial charge in [0, 0.05) is 23.4 Å². The molecule has 0 saturated carbocycles. The zero-order chi connectivity index (χ0) is 19.4. The average molecular weight is 370 g/mol. The molecule has 1 heterocycles. The van der Waals surface area contributed by atoms with Gasteiger partial charge >= 0.3 is 5.97 Å². The molecule has 0 fully saturated rings. The number of benzene rings is 2. The first kappa shape index (κ1) is 18.2. The number of fused-ring (bicyclic) bond motifs is 1. The molecule has 2 amide bonds. The lowest BCUT2D eigenvalue weighted by atomic mass is 10.1. The molecule has 3 rings (SSSR count). The lowest BCUT2D eigenvalue weighted by Gasteiger charge is -2.12. The highest BCUT2D eigenvalue weighted by molar-refractivity contribution is 6.06. The van der Waals surface area contributed by atoms with Gasteiger partial charge in [0.15, 0.2) is 18.1 Å². The number of rotatable bonds is 6. The molecule has 0 unspecified atom stereocenters. The van der Waals surface area contributed by atoms with Crippen molar-refractivity contribution in [1.29, 1.82) is 0 Å². The van der Waals surface area contributed by atoms with Crippen LogP contribution >= 0.6 is 0 Å². The summed E-state index contributed by atoms with van der Waals surface area (Å²) in [5.74, 6) is -0.486. The van der Waals surface area contributed by atoms with Gasteiger partial charge in [0.25, 0.3) is 11.8 Å². The average Bonchev–Trinajstić information content (AvgIpc) is 3.06. The molecule has 0 radical (unpaired) electrons. The second-order valence-corrected chi connectivity index (χ2v) is 5.74. The minimum atomic E-state index is -0.552. The molecule has 1 aliphatic rings. The number of anilines is 1. The topological polar surface area (TPSA) is 103 Å². The van der Waals surface area contributed by atoms with Crippen LogP contribution in [0.1, 0.15) is 26.3 Å². The van der Waals surface area contributed by atoms with E-state index < -0.39 is 5.97 Å². The Morgan fingerprint density at radius 3 is 2.67 bits per heavy atom. The van der Waals surface area contributed by atoms with Crippen LogP contribution in [0.15, 0.2) is 36.4 Å². The lowest BCUT2D eigenvalue weighted by Crippen LogP contribution is -2.15.